The minimum absolute atomic E-state index is 0.353. The zero-order chi connectivity index (χ0) is 12.0. The number of methoxy groups -OCH3 is 1. The highest BCUT2D eigenvalue weighted by molar-refractivity contribution is 6.32. The fourth-order valence-corrected chi connectivity index (χ4v) is 3.70. The van der Waals surface area contributed by atoms with Crippen LogP contribution >= 0.6 is 11.6 Å². The molecule has 2 nitrogen and oxygen atoms in total. The van der Waals surface area contributed by atoms with Gasteiger partial charge in [-0.1, -0.05) is 24.1 Å². The van der Waals surface area contributed by atoms with Crippen LogP contribution in [0, 0.1) is 17.8 Å². The van der Waals surface area contributed by atoms with Gasteiger partial charge in [-0.2, -0.15) is 0 Å². The number of fused-ring (bicyclic) bond motifs is 1. The maximum Gasteiger partial charge on any atom is 0.137 e. The van der Waals surface area contributed by atoms with E-state index in [-0.39, 0.29) is 6.10 Å². The Morgan fingerprint density at radius 1 is 1.35 bits per heavy atom. The first kappa shape index (κ1) is 11.4. The van der Waals surface area contributed by atoms with E-state index in [2.05, 4.69) is 0 Å². The fraction of sp³-hybridized carbons (Fsp3) is 0.571. The predicted octanol–water partition coefficient (Wildman–Crippen LogP) is 3.43. The first-order chi connectivity index (χ1) is 8.22. The molecule has 2 fully saturated rings. The normalized spacial score (nSPS) is 32.1. The predicted molar refractivity (Wildman–Crippen MR) is 67.3 cm³/mol. The van der Waals surface area contributed by atoms with E-state index in [4.69, 9.17) is 16.3 Å². The highest BCUT2D eigenvalue weighted by Crippen LogP contribution is 2.62. The summed E-state index contributed by atoms with van der Waals surface area (Å²) in [5.41, 5.74) is 0.926. The second-order valence-electron chi connectivity index (χ2n) is 5.17. The maximum atomic E-state index is 10.4. The van der Waals surface area contributed by atoms with Crippen LogP contribution in [0.3, 0.4) is 0 Å². The van der Waals surface area contributed by atoms with E-state index in [1.54, 1.807) is 7.11 Å². The van der Waals surface area contributed by atoms with Gasteiger partial charge in [0, 0.05) is 0 Å². The SMILES string of the molecule is COc1ccc(C(O)C2C3CCCC32)cc1Cl. The summed E-state index contributed by atoms with van der Waals surface area (Å²) in [5.74, 6) is 2.64. The van der Waals surface area contributed by atoms with Gasteiger partial charge in [0.15, 0.2) is 0 Å². The molecule has 17 heavy (non-hydrogen) atoms. The third-order valence-corrected chi connectivity index (χ3v) is 4.65. The molecular formula is C14H17ClO2. The topological polar surface area (TPSA) is 29.5 Å². The number of aliphatic hydroxyl groups is 1. The lowest BCUT2D eigenvalue weighted by Crippen LogP contribution is -2.04. The molecule has 0 aliphatic heterocycles. The van der Waals surface area contributed by atoms with Crippen molar-refractivity contribution in [3.8, 4) is 5.75 Å². The molecular weight excluding hydrogens is 236 g/mol. The number of hydrogen-bond donors (Lipinski definition) is 1. The van der Waals surface area contributed by atoms with Crippen LogP contribution in [-0.2, 0) is 0 Å². The van der Waals surface area contributed by atoms with E-state index in [1.165, 1.54) is 19.3 Å². The summed E-state index contributed by atoms with van der Waals surface area (Å²) < 4.78 is 5.12. The zero-order valence-corrected chi connectivity index (χ0v) is 10.7. The second-order valence-corrected chi connectivity index (χ2v) is 5.58. The van der Waals surface area contributed by atoms with Crippen molar-refractivity contribution in [3.63, 3.8) is 0 Å². The van der Waals surface area contributed by atoms with Gasteiger partial charge < -0.3 is 9.84 Å². The maximum absolute atomic E-state index is 10.4. The van der Waals surface area contributed by atoms with E-state index in [1.807, 2.05) is 18.2 Å². The molecule has 2 saturated carbocycles. The molecule has 0 heterocycles. The Kier molecular flexibility index (Phi) is 2.80. The monoisotopic (exact) mass is 252 g/mol. The van der Waals surface area contributed by atoms with Crippen molar-refractivity contribution in [2.24, 2.45) is 17.8 Å². The van der Waals surface area contributed by atoms with Gasteiger partial charge in [0.1, 0.15) is 5.75 Å². The lowest BCUT2D eigenvalue weighted by atomic mass is 9.99. The molecule has 1 aromatic rings. The summed E-state index contributed by atoms with van der Waals surface area (Å²) in [6.07, 6.45) is 3.56. The summed E-state index contributed by atoms with van der Waals surface area (Å²) in [7, 11) is 1.60. The molecule has 3 unspecified atom stereocenters. The van der Waals surface area contributed by atoms with Crippen LogP contribution in [0.1, 0.15) is 30.9 Å². The van der Waals surface area contributed by atoms with Gasteiger partial charge >= 0.3 is 0 Å². The largest absolute Gasteiger partial charge is 0.495 e. The first-order valence-corrected chi connectivity index (χ1v) is 6.61. The van der Waals surface area contributed by atoms with Crippen LogP contribution in [0.15, 0.2) is 18.2 Å². The molecule has 0 saturated heterocycles. The third kappa shape index (κ3) is 1.84. The standard InChI is InChI=1S/C14H17ClO2/c1-17-12-6-5-8(7-11(12)15)14(16)13-9-3-2-4-10(9)13/h5-7,9-10,13-14,16H,2-4H2,1H3. The molecule has 0 radical (unpaired) electrons. The molecule has 0 spiro atoms. The van der Waals surface area contributed by atoms with Crippen molar-refractivity contribution in [1.82, 2.24) is 0 Å². The van der Waals surface area contributed by atoms with Crippen LogP contribution in [0.5, 0.6) is 5.75 Å². The van der Waals surface area contributed by atoms with Crippen LogP contribution in [-0.4, -0.2) is 12.2 Å². The molecule has 3 atom stereocenters. The molecule has 0 aromatic heterocycles. The third-order valence-electron chi connectivity index (χ3n) is 4.35. The molecule has 3 rings (SSSR count). The molecule has 2 aliphatic carbocycles. The number of hydrogen-bond acceptors (Lipinski definition) is 2. The Hall–Kier alpha value is -0.730. The fourth-order valence-electron chi connectivity index (χ4n) is 3.43. The lowest BCUT2D eigenvalue weighted by molar-refractivity contribution is 0.137. The Morgan fingerprint density at radius 2 is 2.06 bits per heavy atom. The smallest absolute Gasteiger partial charge is 0.137 e. The van der Waals surface area contributed by atoms with E-state index in [0.29, 0.717) is 16.7 Å². The van der Waals surface area contributed by atoms with Crippen LogP contribution in [0.2, 0.25) is 5.02 Å². The van der Waals surface area contributed by atoms with Gasteiger partial charge in [-0.3, -0.25) is 0 Å². The summed E-state index contributed by atoms with van der Waals surface area (Å²) in [6, 6.07) is 5.58. The molecule has 0 amide bonds. The van der Waals surface area contributed by atoms with Crippen LogP contribution in [0.25, 0.3) is 0 Å². The summed E-state index contributed by atoms with van der Waals surface area (Å²) in [5, 5.41) is 10.9. The van der Waals surface area contributed by atoms with Gasteiger partial charge in [0.05, 0.1) is 18.2 Å². The van der Waals surface area contributed by atoms with Gasteiger partial charge in [-0.05, 0) is 48.3 Å². The molecule has 0 bridgehead atoms. The zero-order valence-electron chi connectivity index (χ0n) is 9.90. The Morgan fingerprint density at radius 3 is 2.65 bits per heavy atom. The molecule has 92 valence electrons. The number of halogens is 1. The number of ether oxygens (including phenoxy) is 1. The van der Waals surface area contributed by atoms with E-state index in [0.717, 1.165) is 17.4 Å². The lowest BCUT2D eigenvalue weighted by Gasteiger charge is -2.14. The van der Waals surface area contributed by atoms with Crippen molar-refractivity contribution in [2.45, 2.75) is 25.4 Å². The van der Waals surface area contributed by atoms with E-state index in [9.17, 15) is 5.11 Å². The van der Waals surface area contributed by atoms with Gasteiger partial charge in [0.2, 0.25) is 0 Å². The first-order valence-electron chi connectivity index (χ1n) is 6.24. The molecule has 1 aromatic carbocycles. The van der Waals surface area contributed by atoms with Crippen molar-refractivity contribution in [2.75, 3.05) is 7.11 Å². The summed E-state index contributed by atoms with van der Waals surface area (Å²) in [6.45, 7) is 0. The molecule has 3 heteroatoms. The summed E-state index contributed by atoms with van der Waals surface area (Å²) >= 11 is 6.08. The average molecular weight is 253 g/mol. The molecule has 1 N–H and O–H groups in total. The van der Waals surface area contributed by atoms with Crippen molar-refractivity contribution < 1.29 is 9.84 Å². The highest BCUT2D eigenvalue weighted by Gasteiger charge is 2.55. The quantitative estimate of drug-likeness (QED) is 0.893. The average Bonchev–Trinajstić information content (AvgIpc) is 2.81. The van der Waals surface area contributed by atoms with Gasteiger partial charge in [0.25, 0.3) is 0 Å². The van der Waals surface area contributed by atoms with Crippen molar-refractivity contribution >= 4 is 11.6 Å². The van der Waals surface area contributed by atoms with E-state index >= 15 is 0 Å². The van der Waals surface area contributed by atoms with Crippen LogP contribution < -0.4 is 4.74 Å². The highest BCUT2D eigenvalue weighted by atomic mass is 35.5. The summed E-state index contributed by atoms with van der Waals surface area (Å²) in [4.78, 5) is 0. The van der Waals surface area contributed by atoms with Crippen molar-refractivity contribution in [1.29, 1.82) is 0 Å². The Labute approximate surface area is 107 Å². The minimum Gasteiger partial charge on any atom is -0.495 e. The van der Waals surface area contributed by atoms with E-state index < -0.39 is 0 Å². The van der Waals surface area contributed by atoms with Gasteiger partial charge in [-0.15, -0.1) is 0 Å². The second kappa shape index (κ2) is 4.18. The number of aliphatic hydroxyl groups excluding tert-OH is 1. The van der Waals surface area contributed by atoms with Crippen molar-refractivity contribution in [3.05, 3.63) is 28.8 Å². The number of benzene rings is 1. The minimum atomic E-state index is -0.353. The Bertz CT molecular complexity index is 422. The van der Waals surface area contributed by atoms with Crippen LogP contribution in [0.4, 0.5) is 0 Å². The van der Waals surface area contributed by atoms with Gasteiger partial charge in [-0.25, -0.2) is 0 Å². The Balaban J connectivity index is 1.78. The molecule has 2 aliphatic rings. The number of rotatable bonds is 3.